The van der Waals surface area contributed by atoms with Crippen LogP contribution >= 0.6 is 0 Å². The number of para-hydroxylation sites is 2. The molecule has 2 heteroatoms. The minimum atomic E-state index is -0.453. The van der Waals surface area contributed by atoms with E-state index in [0.717, 1.165) is 5.56 Å². The molecule has 6 aromatic carbocycles. The number of pyridine rings is 1. The Morgan fingerprint density at radius 2 is 1.09 bits per heavy atom. The summed E-state index contributed by atoms with van der Waals surface area (Å²) in [4.78, 5) is 4.44. The first kappa shape index (κ1) is 23.8. The number of hydrogen-bond donors (Lipinski definition) is 0. The molecule has 8 aromatic rings. The zero-order valence-electron chi connectivity index (χ0n) is 23.9. The quantitative estimate of drug-likeness (QED) is 0.206. The first-order valence-corrected chi connectivity index (χ1v) is 15.2. The van der Waals surface area contributed by atoms with Crippen LogP contribution in [0.4, 0.5) is 0 Å². The minimum absolute atomic E-state index is 0.453. The molecule has 2 nitrogen and oxygen atoms in total. The van der Waals surface area contributed by atoms with Crippen LogP contribution in [0.15, 0.2) is 158 Å². The van der Waals surface area contributed by atoms with E-state index in [4.69, 9.17) is 0 Å². The Kier molecular flexibility index (Phi) is 4.68. The van der Waals surface area contributed by atoms with Gasteiger partial charge in [0.15, 0.2) is 0 Å². The molecule has 0 unspecified atom stereocenters. The Labute approximate surface area is 255 Å². The fourth-order valence-electron chi connectivity index (χ4n) is 8.24. The van der Waals surface area contributed by atoms with Crippen LogP contribution in [0.1, 0.15) is 22.3 Å². The third-order valence-electron chi connectivity index (χ3n) is 9.90. The molecule has 0 amide bonds. The molecule has 0 radical (unpaired) electrons. The molecule has 0 fully saturated rings. The Hall–Kier alpha value is -5.73. The first-order valence-electron chi connectivity index (χ1n) is 15.2. The summed E-state index contributed by atoms with van der Waals surface area (Å²) in [5, 5.41) is 2.59. The van der Waals surface area contributed by atoms with E-state index < -0.39 is 5.41 Å². The average Bonchev–Trinajstić information content (AvgIpc) is 3.59. The summed E-state index contributed by atoms with van der Waals surface area (Å²) in [5.41, 5.74) is 16.0. The predicted molar refractivity (Wildman–Crippen MR) is 180 cm³/mol. The van der Waals surface area contributed by atoms with Crippen LogP contribution in [-0.2, 0) is 5.41 Å². The van der Waals surface area contributed by atoms with E-state index in [9.17, 15) is 0 Å². The van der Waals surface area contributed by atoms with Gasteiger partial charge in [-0.15, -0.1) is 0 Å². The summed E-state index contributed by atoms with van der Waals surface area (Å²) in [6.45, 7) is 0. The zero-order valence-corrected chi connectivity index (χ0v) is 23.9. The van der Waals surface area contributed by atoms with Crippen molar-refractivity contribution in [2.24, 2.45) is 0 Å². The van der Waals surface area contributed by atoms with Gasteiger partial charge < -0.3 is 4.57 Å². The minimum Gasteiger partial charge on any atom is -0.309 e. The van der Waals surface area contributed by atoms with Gasteiger partial charge in [-0.25, -0.2) is 0 Å². The number of fused-ring (bicyclic) bond motifs is 12. The molecule has 2 aliphatic rings. The lowest BCUT2D eigenvalue weighted by molar-refractivity contribution is 0.749. The van der Waals surface area contributed by atoms with Crippen molar-refractivity contribution in [2.75, 3.05) is 0 Å². The normalized spacial score (nSPS) is 13.6. The van der Waals surface area contributed by atoms with Gasteiger partial charge in [-0.1, -0.05) is 121 Å². The van der Waals surface area contributed by atoms with Crippen molar-refractivity contribution >= 4 is 21.8 Å². The molecule has 0 N–H and O–H groups in total. The molecule has 204 valence electrons. The molecule has 2 aromatic heterocycles. The van der Waals surface area contributed by atoms with E-state index in [1.54, 1.807) is 0 Å². The average molecular weight is 559 g/mol. The topological polar surface area (TPSA) is 17.8 Å². The third kappa shape index (κ3) is 2.88. The summed E-state index contributed by atoms with van der Waals surface area (Å²) in [7, 11) is 0. The highest BCUT2D eigenvalue weighted by atomic mass is 15.0. The van der Waals surface area contributed by atoms with Gasteiger partial charge in [0.05, 0.1) is 22.1 Å². The van der Waals surface area contributed by atoms with E-state index in [1.165, 1.54) is 77.6 Å². The maximum absolute atomic E-state index is 4.44. The van der Waals surface area contributed by atoms with Crippen molar-refractivity contribution in [2.45, 2.75) is 5.41 Å². The van der Waals surface area contributed by atoms with Gasteiger partial charge in [0.25, 0.3) is 0 Å². The maximum Gasteiger partial charge on any atom is 0.0754 e. The molecule has 0 atom stereocenters. The second-order valence-corrected chi connectivity index (χ2v) is 11.9. The predicted octanol–water partition coefficient (Wildman–Crippen LogP) is 10.2. The van der Waals surface area contributed by atoms with Gasteiger partial charge in [0.2, 0.25) is 0 Å². The van der Waals surface area contributed by atoms with Gasteiger partial charge in [0, 0.05) is 28.7 Å². The van der Waals surface area contributed by atoms with E-state index in [2.05, 4.69) is 149 Å². The first-order chi connectivity index (χ1) is 21.9. The maximum atomic E-state index is 4.44. The molecule has 1 spiro atoms. The van der Waals surface area contributed by atoms with Gasteiger partial charge in [0.1, 0.15) is 0 Å². The molecule has 1 aliphatic heterocycles. The number of benzene rings is 6. The standard InChI is InChI=1S/C42H26N2/c1-2-13-30(28-11-10-24-43-26-28)29(12-1)27-22-23-40-38(25-27)42(35-18-6-3-14-31(35)32-15-4-7-19-36(32)42)37-20-9-17-34-33-16-5-8-21-39(33)44(40)41(34)37/h1-26H. The van der Waals surface area contributed by atoms with Crippen LogP contribution < -0.4 is 0 Å². The molecule has 10 rings (SSSR count). The van der Waals surface area contributed by atoms with Gasteiger partial charge in [-0.05, 0) is 74.3 Å². The third-order valence-corrected chi connectivity index (χ3v) is 9.90. The summed E-state index contributed by atoms with van der Waals surface area (Å²) in [6.07, 6.45) is 3.80. The van der Waals surface area contributed by atoms with Crippen molar-refractivity contribution in [3.8, 4) is 39.1 Å². The van der Waals surface area contributed by atoms with Crippen LogP contribution in [0.25, 0.3) is 60.9 Å². The van der Waals surface area contributed by atoms with Crippen LogP contribution in [0.5, 0.6) is 0 Å². The Morgan fingerprint density at radius 3 is 1.84 bits per heavy atom. The lowest BCUT2D eigenvalue weighted by atomic mass is 9.65. The molecular weight excluding hydrogens is 532 g/mol. The lowest BCUT2D eigenvalue weighted by Crippen LogP contribution is -2.33. The van der Waals surface area contributed by atoms with E-state index >= 15 is 0 Å². The Bertz CT molecular complexity index is 2400. The van der Waals surface area contributed by atoms with Crippen molar-refractivity contribution < 1.29 is 0 Å². The summed E-state index contributed by atoms with van der Waals surface area (Å²) >= 11 is 0. The second-order valence-electron chi connectivity index (χ2n) is 11.9. The van der Waals surface area contributed by atoms with Gasteiger partial charge >= 0.3 is 0 Å². The molecule has 0 saturated heterocycles. The SMILES string of the molecule is c1cncc(-c2ccccc2-c2ccc3c(c2)C2(c4ccccc4-c4ccccc42)c2cccc4c5ccccc5n-3c24)c1. The number of rotatable bonds is 2. The fraction of sp³-hybridized carbons (Fsp3) is 0.0238. The summed E-state index contributed by atoms with van der Waals surface area (Å²) < 4.78 is 2.51. The van der Waals surface area contributed by atoms with Crippen LogP contribution in [0.2, 0.25) is 0 Å². The molecule has 44 heavy (non-hydrogen) atoms. The summed E-state index contributed by atoms with van der Waals surface area (Å²) in [6, 6.07) is 53.9. The number of aromatic nitrogens is 2. The second kappa shape index (κ2) is 8.65. The Morgan fingerprint density at radius 1 is 0.455 bits per heavy atom. The van der Waals surface area contributed by atoms with Crippen molar-refractivity contribution in [3.63, 3.8) is 0 Å². The van der Waals surface area contributed by atoms with E-state index in [1.807, 2.05) is 18.5 Å². The fourth-order valence-corrected chi connectivity index (χ4v) is 8.24. The Balaban J connectivity index is 1.39. The van der Waals surface area contributed by atoms with Crippen LogP contribution in [-0.4, -0.2) is 9.55 Å². The highest BCUT2D eigenvalue weighted by Gasteiger charge is 2.50. The van der Waals surface area contributed by atoms with Crippen molar-refractivity contribution in [1.29, 1.82) is 0 Å². The highest BCUT2D eigenvalue weighted by molar-refractivity contribution is 6.13. The number of nitrogens with zero attached hydrogens (tertiary/aromatic N) is 2. The van der Waals surface area contributed by atoms with E-state index in [0.29, 0.717) is 0 Å². The van der Waals surface area contributed by atoms with E-state index in [-0.39, 0.29) is 0 Å². The molecular formula is C42H26N2. The van der Waals surface area contributed by atoms with Crippen LogP contribution in [0.3, 0.4) is 0 Å². The molecule has 1 aliphatic carbocycles. The van der Waals surface area contributed by atoms with Gasteiger partial charge in [-0.3, -0.25) is 4.98 Å². The smallest absolute Gasteiger partial charge is 0.0754 e. The lowest BCUT2D eigenvalue weighted by Gasteiger charge is -2.40. The van der Waals surface area contributed by atoms with Crippen molar-refractivity contribution in [3.05, 3.63) is 180 Å². The molecule has 0 saturated carbocycles. The molecule has 0 bridgehead atoms. The number of hydrogen-bond acceptors (Lipinski definition) is 1. The summed E-state index contributed by atoms with van der Waals surface area (Å²) in [5.74, 6) is 0. The molecule has 3 heterocycles. The highest BCUT2D eigenvalue weighted by Crippen LogP contribution is 2.61. The van der Waals surface area contributed by atoms with Crippen LogP contribution in [0, 0.1) is 0 Å². The van der Waals surface area contributed by atoms with Gasteiger partial charge in [-0.2, -0.15) is 0 Å². The largest absolute Gasteiger partial charge is 0.309 e. The monoisotopic (exact) mass is 558 g/mol. The zero-order chi connectivity index (χ0) is 28.8. The van der Waals surface area contributed by atoms with Crippen molar-refractivity contribution in [1.82, 2.24) is 9.55 Å².